The van der Waals surface area contributed by atoms with E-state index in [1.807, 2.05) is 31.2 Å². The third-order valence-corrected chi connectivity index (χ3v) is 5.99. The molecule has 0 saturated carbocycles. The van der Waals surface area contributed by atoms with Gasteiger partial charge in [-0.2, -0.15) is 0 Å². The Morgan fingerprint density at radius 1 is 0.897 bits per heavy atom. The molecule has 1 heterocycles. The van der Waals surface area contributed by atoms with Crippen LogP contribution in [0.2, 0.25) is 0 Å². The molecule has 1 amide bonds. The Morgan fingerprint density at radius 3 is 2.24 bits per heavy atom. The summed E-state index contributed by atoms with van der Waals surface area (Å²) in [5, 5.41) is 3.00. The largest absolute Gasteiger partial charge is 0.494 e. The molecular weight excluding hydrogens is 362 g/mol. The van der Waals surface area contributed by atoms with Crippen LogP contribution in [-0.2, 0) is 16.0 Å². The van der Waals surface area contributed by atoms with Crippen LogP contribution in [0.15, 0.2) is 59.8 Å². The highest BCUT2D eigenvalue weighted by molar-refractivity contribution is 6.02. The molecule has 1 aliphatic carbocycles. The average Bonchev–Trinajstić information content (AvgIpc) is 2.73. The molecule has 0 spiro atoms. The van der Waals surface area contributed by atoms with E-state index in [-0.39, 0.29) is 23.5 Å². The predicted molar refractivity (Wildman–Crippen MR) is 113 cm³/mol. The zero-order valence-corrected chi connectivity index (χ0v) is 17.0. The quantitative estimate of drug-likeness (QED) is 0.810. The van der Waals surface area contributed by atoms with E-state index in [1.165, 1.54) is 5.56 Å². The van der Waals surface area contributed by atoms with Crippen LogP contribution in [0.25, 0.3) is 0 Å². The van der Waals surface area contributed by atoms with Gasteiger partial charge in [0, 0.05) is 30.0 Å². The summed E-state index contributed by atoms with van der Waals surface area (Å²) in [6, 6.07) is 16.3. The second-order valence-corrected chi connectivity index (χ2v) is 7.82. The predicted octanol–water partition coefficient (Wildman–Crippen LogP) is 4.65. The van der Waals surface area contributed by atoms with E-state index in [0.717, 1.165) is 34.6 Å². The number of Topliss-reactive ketones (excluding diaryl/α,β-unsaturated/α-hetero) is 1. The third-order valence-electron chi connectivity index (χ3n) is 5.99. The number of rotatable bonds is 5. The van der Waals surface area contributed by atoms with E-state index in [1.54, 1.807) is 0 Å². The maximum Gasteiger partial charge on any atom is 0.225 e. The number of ether oxygens (including phenoxy) is 1. The Balaban J connectivity index is 1.62. The number of hydrogen-bond donors (Lipinski definition) is 1. The third kappa shape index (κ3) is 3.98. The number of amides is 1. The summed E-state index contributed by atoms with van der Waals surface area (Å²) in [6.45, 7) is 4.71. The number of allylic oxidation sites excluding steroid dienone is 2. The van der Waals surface area contributed by atoms with Crippen molar-refractivity contribution >= 4 is 11.7 Å². The Labute approximate surface area is 172 Å². The lowest BCUT2D eigenvalue weighted by atomic mass is 9.73. The number of nitrogens with one attached hydrogen (secondary N) is 1. The standard InChI is InChI=1S/C25H27NO3/c1-3-16-5-7-18(8-6-16)21-15-24(28)26-22-13-19(14-23(27)25(21)22)17-9-11-20(12-10-17)29-4-2/h5-12,19,21H,3-4,13-15H2,1-2H3,(H,26,28). The van der Waals surface area contributed by atoms with Crippen LogP contribution < -0.4 is 10.1 Å². The topological polar surface area (TPSA) is 55.4 Å². The van der Waals surface area contributed by atoms with Gasteiger partial charge in [0.05, 0.1) is 6.61 Å². The minimum atomic E-state index is -0.140. The smallest absolute Gasteiger partial charge is 0.225 e. The summed E-state index contributed by atoms with van der Waals surface area (Å²) in [5.74, 6) is 0.917. The fourth-order valence-electron chi connectivity index (χ4n) is 4.47. The van der Waals surface area contributed by atoms with Crippen molar-refractivity contribution in [2.75, 3.05) is 6.61 Å². The van der Waals surface area contributed by atoms with Crippen molar-refractivity contribution in [2.45, 2.75) is 51.4 Å². The van der Waals surface area contributed by atoms with Crippen LogP contribution in [-0.4, -0.2) is 18.3 Å². The van der Waals surface area contributed by atoms with E-state index >= 15 is 0 Å². The fraction of sp³-hybridized carbons (Fsp3) is 0.360. The first-order valence-electron chi connectivity index (χ1n) is 10.5. The highest BCUT2D eigenvalue weighted by Crippen LogP contribution is 2.42. The molecule has 2 atom stereocenters. The zero-order valence-electron chi connectivity index (χ0n) is 17.0. The molecule has 1 N–H and O–H groups in total. The van der Waals surface area contributed by atoms with Gasteiger partial charge in [0.25, 0.3) is 0 Å². The minimum absolute atomic E-state index is 0.00605. The van der Waals surface area contributed by atoms with Gasteiger partial charge in [0.1, 0.15) is 5.75 Å². The molecule has 2 aliphatic rings. The van der Waals surface area contributed by atoms with Gasteiger partial charge in [0.15, 0.2) is 5.78 Å². The summed E-state index contributed by atoms with van der Waals surface area (Å²) in [5.41, 5.74) is 5.03. The molecule has 2 aromatic carbocycles. The van der Waals surface area contributed by atoms with Crippen LogP contribution in [0.5, 0.6) is 5.75 Å². The summed E-state index contributed by atoms with van der Waals surface area (Å²) in [4.78, 5) is 25.6. The molecule has 4 heteroatoms. The Bertz CT molecular complexity index is 941. The lowest BCUT2D eigenvalue weighted by Gasteiger charge is -2.34. The molecular formula is C25H27NO3. The number of ketones is 1. The van der Waals surface area contributed by atoms with Crippen molar-refractivity contribution in [1.82, 2.24) is 5.32 Å². The normalized spacial score (nSPS) is 21.6. The van der Waals surface area contributed by atoms with E-state index < -0.39 is 0 Å². The lowest BCUT2D eigenvalue weighted by molar-refractivity contribution is -0.122. The van der Waals surface area contributed by atoms with Crippen molar-refractivity contribution in [1.29, 1.82) is 0 Å². The average molecular weight is 389 g/mol. The van der Waals surface area contributed by atoms with Crippen molar-refractivity contribution in [2.24, 2.45) is 0 Å². The first-order valence-corrected chi connectivity index (χ1v) is 10.5. The SMILES string of the molecule is CCOc1ccc(C2CC(=O)C3=C(C2)NC(=O)CC3c2ccc(CC)cc2)cc1. The number of carbonyl (C=O) groups excluding carboxylic acids is 2. The van der Waals surface area contributed by atoms with Gasteiger partial charge in [-0.15, -0.1) is 0 Å². The van der Waals surface area contributed by atoms with Gasteiger partial charge >= 0.3 is 0 Å². The molecule has 0 saturated heterocycles. The molecule has 4 nitrogen and oxygen atoms in total. The maximum absolute atomic E-state index is 13.2. The maximum atomic E-state index is 13.2. The fourth-order valence-corrected chi connectivity index (χ4v) is 4.47. The Morgan fingerprint density at radius 2 is 1.59 bits per heavy atom. The highest BCUT2D eigenvalue weighted by atomic mass is 16.5. The van der Waals surface area contributed by atoms with Gasteiger partial charge in [-0.1, -0.05) is 43.3 Å². The van der Waals surface area contributed by atoms with Crippen molar-refractivity contribution in [3.63, 3.8) is 0 Å². The van der Waals surface area contributed by atoms with Gasteiger partial charge in [-0.3, -0.25) is 9.59 Å². The van der Waals surface area contributed by atoms with Gasteiger partial charge in [-0.25, -0.2) is 0 Å². The van der Waals surface area contributed by atoms with Gasteiger partial charge in [0.2, 0.25) is 5.91 Å². The van der Waals surface area contributed by atoms with Crippen LogP contribution in [0, 0.1) is 0 Å². The highest BCUT2D eigenvalue weighted by Gasteiger charge is 2.38. The van der Waals surface area contributed by atoms with E-state index in [2.05, 4.69) is 36.5 Å². The molecule has 4 rings (SSSR count). The number of benzene rings is 2. The van der Waals surface area contributed by atoms with E-state index in [0.29, 0.717) is 25.9 Å². The number of carbonyl (C=O) groups is 2. The summed E-state index contributed by atoms with van der Waals surface area (Å²) >= 11 is 0. The molecule has 0 aromatic heterocycles. The van der Waals surface area contributed by atoms with Crippen molar-refractivity contribution in [3.8, 4) is 5.75 Å². The summed E-state index contributed by atoms with van der Waals surface area (Å²) in [7, 11) is 0. The molecule has 1 aliphatic heterocycles. The van der Waals surface area contributed by atoms with Crippen LogP contribution >= 0.6 is 0 Å². The van der Waals surface area contributed by atoms with Crippen LogP contribution in [0.1, 0.15) is 61.6 Å². The molecule has 2 unspecified atom stereocenters. The monoisotopic (exact) mass is 389 g/mol. The van der Waals surface area contributed by atoms with Gasteiger partial charge < -0.3 is 10.1 Å². The number of hydrogen-bond acceptors (Lipinski definition) is 3. The second kappa shape index (κ2) is 8.24. The molecule has 2 aromatic rings. The van der Waals surface area contributed by atoms with Crippen molar-refractivity contribution < 1.29 is 14.3 Å². The first-order chi connectivity index (χ1) is 14.1. The van der Waals surface area contributed by atoms with E-state index in [4.69, 9.17) is 4.74 Å². The van der Waals surface area contributed by atoms with Crippen LogP contribution in [0.3, 0.4) is 0 Å². The minimum Gasteiger partial charge on any atom is -0.494 e. The van der Waals surface area contributed by atoms with Crippen LogP contribution in [0.4, 0.5) is 0 Å². The first kappa shape index (κ1) is 19.4. The molecule has 0 radical (unpaired) electrons. The molecule has 0 bridgehead atoms. The molecule has 0 fully saturated rings. The number of aryl methyl sites for hydroxylation is 1. The zero-order chi connectivity index (χ0) is 20.4. The second-order valence-electron chi connectivity index (χ2n) is 7.82. The Hall–Kier alpha value is -2.88. The van der Waals surface area contributed by atoms with Gasteiger partial charge in [-0.05, 0) is 54.5 Å². The summed E-state index contributed by atoms with van der Waals surface area (Å²) in [6.07, 6.45) is 2.47. The van der Waals surface area contributed by atoms with E-state index in [9.17, 15) is 9.59 Å². The Kier molecular flexibility index (Phi) is 5.52. The molecule has 150 valence electrons. The van der Waals surface area contributed by atoms with Crippen molar-refractivity contribution in [3.05, 3.63) is 76.5 Å². The molecule has 29 heavy (non-hydrogen) atoms. The lowest BCUT2D eigenvalue weighted by Crippen LogP contribution is -2.38. The summed E-state index contributed by atoms with van der Waals surface area (Å²) < 4.78 is 5.52.